The number of rotatable bonds is 2. The molecule has 0 aromatic carbocycles. The summed E-state index contributed by atoms with van der Waals surface area (Å²) in [6.07, 6.45) is 2.41. The van der Waals surface area contributed by atoms with Gasteiger partial charge in [-0.1, -0.05) is 0 Å². The first kappa shape index (κ1) is 11.6. The van der Waals surface area contributed by atoms with E-state index >= 15 is 0 Å². The van der Waals surface area contributed by atoms with Crippen molar-refractivity contribution < 1.29 is 9.84 Å². The highest BCUT2D eigenvalue weighted by Crippen LogP contribution is 2.27. The Morgan fingerprint density at radius 3 is 3.06 bits per heavy atom. The van der Waals surface area contributed by atoms with Crippen molar-refractivity contribution in [2.45, 2.75) is 25.2 Å². The lowest BCUT2D eigenvalue weighted by molar-refractivity contribution is -0.0246. The highest BCUT2D eigenvalue weighted by molar-refractivity contribution is 9.10. The Labute approximate surface area is 100 Å². The number of aliphatic hydroxyl groups excluding tert-OH is 1. The van der Waals surface area contributed by atoms with Gasteiger partial charge in [0.05, 0.1) is 17.2 Å². The maximum absolute atomic E-state index is 11.6. The normalized spacial score (nSPS) is 24.9. The van der Waals surface area contributed by atoms with Crippen molar-refractivity contribution in [2.75, 3.05) is 12.3 Å². The van der Waals surface area contributed by atoms with Crippen molar-refractivity contribution in [3.05, 3.63) is 21.2 Å². The number of aliphatic hydroxyl groups is 1. The first-order chi connectivity index (χ1) is 7.61. The number of nitrogen functional groups attached to an aromatic ring is 1. The zero-order valence-corrected chi connectivity index (χ0v) is 10.1. The molecule has 6 nitrogen and oxygen atoms in total. The SMILES string of the molecule is Nc1nc(=O)n([C@@H]2CC[C@H](CO)O2)cc1Br. The average molecular weight is 290 g/mol. The van der Waals surface area contributed by atoms with E-state index in [-0.39, 0.29) is 24.8 Å². The molecule has 3 N–H and O–H groups in total. The van der Waals surface area contributed by atoms with E-state index in [9.17, 15) is 4.79 Å². The van der Waals surface area contributed by atoms with Crippen molar-refractivity contribution in [3.63, 3.8) is 0 Å². The summed E-state index contributed by atoms with van der Waals surface area (Å²) in [5, 5.41) is 8.94. The molecular weight excluding hydrogens is 278 g/mol. The summed E-state index contributed by atoms with van der Waals surface area (Å²) < 4.78 is 7.43. The number of hydrogen-bond donors (Lipinski definition) is 2. The van der Waals surface area contributed by atoms with E-state index in [1.54, 1.807) is 6.20 Å². The highest BCUT2D eigenvalue weighted by Gasteiger charge is 2.27. The molecule has 1 aliphatic rings. The number of nitrogens with zero attached hydrogens (tertiary/aromatic N) is 2. The first-order valence-electron chi connectivity index (χ1n) is 4.92. The molecule has 0 amide bonds. The quantitative estimate of drug-likeness (QED) is 0.815. The summed E-state index contributed by atoms with van der Waals surface area (Å²) in [4.78, 5) is 15.2. The van der Waals surface area contributed by atoms with Gasteiger partial charge in [0.1, 0.15) is 12.0 Å². The molecule has 1 aromatic heterocycles. The second kappa shape index (κ2) is 4.52. The molecule has 2 atom stereocenters. The Kier molecular flexibility index (Phi) is 3.27. The third-order valence-corrected chi connectivity index (χ3v) is 3.14. The topological polar surface area (TPSA) is 90.4 Å². The molecule has 1 aliphatic heterocycles. The van der Waals surface area contributed by atoms with Gasteiger partial charge in [-0.3, -0.25) is 4.57 Å². The van der Waals surface area contributed by atoms with E-state index in [4.69, 9.17) is 15.6 Å². The molecule has 2 heterocycles. The lowest BCUT2D eigenvalue weighted by Crippen LogP contribution is -2.28. The van der Waals surface area contributed by atoms with Crippen molar-refractivity contribution in [1.82, 2.24) is 9.55 Å². The molecule has 0 saturated carbocycles. The van der Waals surface area contributed by atoms with Gasteiger partial charge in [-0.2, -0.15) is 4.98 Å². The van der Waals surface area contributed by atoms with Crippen LogP contribution in [0.4, 0.5) is 5.82 Å². The number of aromatic nitrogens is 2. The van der Waals surface area contributed by atoms with E-state index < -0.39 is 5.69 Å². The maximum atomic E-state index is 11.6. The minimum absolute atomic E-state index is 0.0329. The number of ether oxygens (including phenoxy) is 1. The fraction of sp³-hybridized carbons (Fsp3) is 0.556. The van der Waals surface area contributed by atoms with Crippen LogP contribution in [-0.2, 0) is 4.74 Å². The predicted molar refractivity (Wildman–Crippen MR) is 60.8 cm³/mol. The number of hydrogen-bond acceptors (Lipinski definition) is 5. The Morgan fingerprint density at radius 1 is 1.69 bits per heavy atom. The Morgan fingerprint density at radius 2 is 2.44 bits per heavy atom. The van der Waals surface area contributed by atoms with Gasteiger partial charge in [0, 0.05) is 6.20 Å². The molecule has 1 fully saturated rings. The smallest absolute Gasteiger partial charge is 0.351 e. The van der Waals surface area contributed by atoms with Crippen LogP contribution in [0.2, 0.25) is 0 Å². The minimum atomic E-state index is -0.440. The highest BCUT2D eigenvalue weighted by atomic mass is 79.9. The molecule has 0 bridgehead atoms. The summed E-state index contributed by atoms with van der Waals surface area (Å²) in [5.74, 6) is 0.165. The fourth-order valence-electron chi connectivity index (χ4n) is 1.69. The van der Waals surface area contributed by atoms with E-state index in [1.165, 1.54) is 4.57 Å². The monoisotopic (exact) mass is 289 g/mol. The molecule has 1 aromatic rings. The second-order valence-corrected chi connectivity index (χ2v) is 4.49. The molecule has 88 valence electrons. The summed E-state index contributed by atoms with van der Waals surface area (Å²) in [7, 11) is 0. The molecule has 0 aliphatic carbocycles. The Balaban J connectivity index is 2.28. The van der Waals surface area contributed by atoms with Crippen molar-refractivity contribution in [1.29, 1.82) is 0 Å². The van der Waals surface area contributed by atoms with Gasteiger partial charge in [-0.25, -0.2) is 4.79 Å². The third-order valence-electron chi connectivity index (χ3n) is 2.53. The Hall–Kier alpha value is -0.920. The zero-order chi connectivity index (χ0) is 11.7. The van der Waals surface area contributed by atoms with Crippen LogP contribution in [0, 0.1) is 0 Å². The predicted octanol–water partition coefficient (Wildman–Crippen LogP) is 0.258. The fourth-order valence-corrected chi connectivity index (χ4v) is 2.00. The molecule has 7 heteroatoms. The molecular formula is C9H12BrN3O3. The summed E-state index contributed by atoms with van der Waals surface area (Å²) in [6.45, 7) is -0.0329. The number of anilines is 1. The van der Waals surface area contributed by atoms with Gasteiger partial charge in [-0.15, -0.1) is 0 Å². The lowest BCUT2D eigenvalue weighted by Gasteiger charge is -2.15. The molecule has 0 radical (unpaired) electrons. The van der Waals surface area contributed by atoms with Gasteiger partial charge in [0.2, 0.25) is 0 Å². The largest absolute Gasteiger partial charge is 0.394 e. The number of nitrogens with two attached hydrogens (primary N) is 1. The van der Waals surface area contributed by atoms with Gasteiger partial charge in [-0.05, 0) is 28.8 Å². The van der Waals surface area contributed by atoms with Crippen molar-refractivity contribution in [2.24, 2.45) is 0 Å². The second-order valence-electron chi connectivity index (χ2n) is 3.64. The van der Waals surface area contributed by atoms with Crippen molar-refractivity contribution >= 4 is 21.7 Å². The zero-order valence-electron chi connectivity index (χ0n) is 8.47. The summed E-state index contributed by atoms with van der Waals surface area (Å²) in [6, 6.07) is 0. The first-order valence-corrected chi connectivity index (χ1v) is 5.71. The van der Waals surface area contributed by atoms with Crippen LogP contribution in [0.15, 0.2) is 15.5 Å². The van der Waals surface area contributed by atoms with Gasteiger partial charge >= 0.3 is 5.69 Å². The summed E-state index contributed by atoms with van der Waals surface area (Å²) in [5.41, 5.74) is 5.05. The van der Waals surface area contributed by atoms with Crippen LogP contribution in [0.1, 0.15) is 19.1 Å². The number of halogens is 1. The van der Waals surface area contributed by atoms with E-state index in [2.05, 4.69) is 20.9 Å². The van der Waals surface area contributed by atoms with Crippen LogP contribution < -0.4 is 11.4 Å². The molecule has 2 rings (SSSR count). The van der Waals surface area contributed by atoms with Crippen LogP contribution in [0.3, 0.4) is 0 Å². The maximum Gasteiger partial charge on any atom is 0.351 e. The van der Waals surface area contributed by atoms with E-state index in [0.717, 1.165) is 6.42 Å². The molecule has 1 saturated heterocycles. The molecule has 0 unspecified atom stereocenters. The van der Waals surface area contributed by atoms with Gasteiger partial charge in [0.15, 0.2) is 0 Å². The Bertz CT molecular complexity index is 448. The van der Waals surface area contributed by atoms with Crippen LogP contribution in [-0.4, -0.2) is 27.4 Å². The summed E-state index contributed by atoms with van der Waals surface area (Å²) >= 11 is 3.21. The molecule has 16 heavy (non-hydrogen) atoms. The van der Waals surface area contributed by atoms with Gasteiger partial charge in [0.25, 0.3) is 0 Å². The van der Waals surface area contributed by atoms with Crippen molar-refractivity contribution in [3.8, 4) is 0 Å². The van der Waals surface area contributed by atoms with Crippen LogP contribution >= 0.6 is 15.9 Å². The lowest BCUT2D eigenvalue weighted by atomic mass is 10.2. The van der Waals surface area contributed by atoms with E-state index in [1.807, 2.05) is 0 Å². The third kappa shape index (κ3) is 2.11. The molecule has 0 spiro atoms. The standard InChI is InChI=1S/C9H12BrN3O3/c10-6-3-13(9(15)12-8(6)11)7-2-1-5(4-14)16-7/h3,5,7,14H,1-2,4H2,(H2,11,12,15)/t5-,7+/m1/s1. The van der Waals surface area contributed by atoms with E-state index in [0.29, 0.717) is 10.9 Å². The minimum Gasteiger partial charge on any atom is -0.394 e. The van der Waals surface area contributed by atoms with Crippen LogP contribution in [0.5, 0.6) is 0 Å². The van der Waals surface area contributed by atoms with Gasteiger partial charge < -0.3 is 15.6 Å². The van der Waals surface area contributed by atoms with Crippen LogP contribution in [0.25, 0.3) is 0 Å². The average Bonchev–Trinajstić information content (AvgIpc) is 2.71.